The van der Waals surface area contributed by atoms with Gasteiger partial charge < -0.3 is 14.2 Å². The highest BCUT2D eigenvalue weighted by atomic mass is 79.9. The summed E-state index contributed by atoms with van der Waals surface area (Å²) in [4.78, 5) is 24.4. The number of ether oxygens (including phenoxy) is 3. The van der Waals surface area contributed by atoms with Crippen molar-refractivity contribution in [3.63, 3.8) is 0 Å². The van der Waals surface area contributed by atoms with Crippen molar-refractivity contribution in [1.82, 2.24) is 0 Å². The minimum atomic E-state index is -0.640. The monoisotopic (exact) mass is 468 g/mol. The molecule has 2 rings (SSSR count). The fourth-order valence-corrected chi connectivity index (χ4v) is 3.14. The third-order valence-electron chi connectivity index (χ3n) is 3.97. The Morgan fingerprint density at radius 3 is 2.43 bits per heavy atom. The van der Waals surface area contributed by atoms with E-state index < -0.39 is 11.9 Å². The Labute approximate surface area is 178 Å². The Bertz CT molecular complexity index is 838. The van der Waals surface area contributed by atoms with Gasteiger partial charge in [-0.2, -0.15) is 0 Å². The van der Waals surface area contributed by atoms with E-state index >= 15 is 0 Å². The maximum Gasteiger partial charge on any atom is 0.343 e. The summed E-state index contributed by atoms with van der Waals surface area (Å²) in [5.74, 6) is -0.510. The van der Waals surface area contributed by atoms with Crippen LogP contribution in [0.1, 0.15) is 53.3 Å². The molecule has 0 aliphatic heterocycles. The maximum atomic E-state index is 12.5. The third kappa shape index (κ3) is 6.24. The van der Waals surface area contributed by atoms with Crippen LogP contribution in [0.2, 0.25) is 5.02 Å². The number of halogens is 2. The Hall–Kier alpha value is -2.05. The molecule has 0 atom stereocenters. The molecule has 0 heterocycles. The second-order valence-electron chi connectivity index (χ2n) is 6.08. The van der Waals surface area contributed by atoms with E-state index in [1.165, 1.54) is 38.2 Å². The number of carbonyl (C=O) groups is 2. The summed E-state index contributed by atoms with van der Waals surface area (Å²) < 4.78 is 16.5. The van der Waals surface area contributed by atoms with E-state index in [1.54, 1.807) is 18.2 Å². The molecule has 0 aliphatic rings. The van der Waals surface area contributed by atoms with E-state index in [9.17, 15) is 9.59 Å². The third-order valence-corrected chi connectivity index (χ3v) is 4.83. The van der Waals surface area contributed by atoms with Crippen molar-refractivity contribution in [1.29, 1.82) is 0 Å². The molecular formula is C21H22BrClO5. The number of carbonyl (C=O) groups excluding carboxylic acids is 2. The summed E-state index contributed by atoms with van der Waals surface area (Å²) in [5.41, 5.74) is 0.394. The predicted octanol–water partition coefficient (Wildman–Crippen LogP) is 6.07. The molecule has 0 aromatic heterocycles. The molecule has 0 N–H and O–H groups in total. The summed E-state index contributed by atoms with van der Waals surface area (Å²) in [6, 6.07) is 9.32. The van der Waals surface area contributed by atoms with Gasteiger partial charge >= 0.3 is 11.9 Å². The van der Waals surface area contributed by atoms with Crippen LogP contribution in [-0.4, -0.2) is 25.7 Å². The van der Waals surface area contributed by atoms with Gasteiger partial charge in [0.15, 0.2) is 0 Å². The molecule has 0 saturated heterocycles. The van der Waals surface area contributed by atoms with E-state index in [0.717, 1.165) is 12.8 Å². The van der Waals surface area contributed by atoms with Crippen molar-refractivity contribution in [2.75, 3.05) is 13.7 Å². The first-order valence-corrected chi connectivity index (χ1v) is 10.2. The molecule has 0 radical (unpaired) electrons. The van der Waals surface area contributed by atoms with Gasteiger partial charge in [0.1, 0.15) is 17.1 Å². The second-order valence-corrected chi connectivity index (χ2v) is 7.37. The van der Waals surface area contributed by atoms with Crippen LogP contribution in [0.5, 0.6) is 11.5 Å². The van der Waals surface area contributed by atoms with Crippen molar-refractivity contribution in [3.8, 4) is 11.5 Å². The van der Waals surface area contributed by atoms with Crippen molar-refractivity contribution < 1.29 is 23.8 Å². The lowest BCUT2D eigenvalue weighted by Crippen LogP contribution is -2.12. The summed E-state index contributed by atoms with van der Waals surface area (Å²) in [7, 11) is 1.24. The van der Waals surface area contributed by atoms with Crippen LogP contribution in [0.15, 0.2) is 40.9 Å². The topological polar surface area (TPSA) is 61.8 Å². The highest BCUT2D eigenvalue weighted by Crippen LogP contribution is 2.28. The SMILES string of the molecule is CCCCCCOc1ccc(C(=O)Oc2ccc(Cl)cc2C(=O)OC)cc1Br. The number of benzene rings is 2. The van der Waals surface area contributed by atoms with Crippen LogP contribution in [0.4, 0.5) is 0 Å². The Morgan fingerprint density at radius 2 is 1.75 bits per heavy atom. The predicted molar refractivity (Wildman–Crippen MR) is 112 cm³/mol. The molecule has 0 saturated carbocycles. The van der Waals surface area contributed by atoms with E-state index in [2.05, 4.69) is 22.9 Å². The lowest BCUT2D eigenvalue weighted by atomic mass is 10.2. The molecule has 5 nitrogen and oxygen atoms in total. The molecule has 28 heavy (non-hydrogen) atoms. The number of unbranched alkanes of at least 4 members (excludes halogenated alkanes) is 3. The average Bonchev–Trinajstić information content (AvgIpc) is 2.69. The smallest absolute Gasteiger partial charge is 0.343 e. The standard InChI is InChI=1S/C21H22BrClO5/c1-3-4-5-6-11-27-19-9-7-14(12-17(19)22)20(24)28-18-10-8-15(23)13-16(18)21(25)26-2/h7-10,12-13H,3-6,11H2,1-2H3. The molecule has 0 spiro atoms. The molecular weight excluding hydrogens is 448 g/mol. The van der Waals surface area contributed by atoms with E-state index in [4.69, 9.17) is 25.8 Å². The zero-order valence-electron chi connectivity index (χ0n) is 15.8. The first-order chi connectivity index (χ1) is 13.5. The number of hydrogen-bond acceptors (Lipinski definition) is 5. The van der Waals surface area contributed by atoms with Crippen molar-refractivity contribution in [2.45, 2.75) is 32.6 Å². The Morgan fingerprint density at radius 1 is 1.00 bits per heavy atom. The zero-order valence-corrected chi connectivity index (χ0v) is 18.1. The fraction of sp³-hybridized carbons (Fsp3) is 0.333. The molecule has 2 aromatic carbocycles. The number of esters is 2. The van der Waals surface area contributed by atoms with Crippen LogP contribution in [0.25, 0.3) is 0 Å². The van der Waals surface area contributed by atoms with Crippen LogP contribution in [0, 0.1) is 0 Å². The van der Waals surface area contributed by atoms with Crippen LogP contribution < -0.4 is 9.47 Å². The van der Waals surface area contributed by atoms with Gasteiger partial charge in [-0.25, -0.2) is 9.59 Å². The Balaban J connectivity index is 2.07. The molecule has 0 bridgehead atoms. The van der Waals surface area contributed by atoms with Gasteiger partial charge in [0.2, 0.25) is 0 Å². The van der Waals surface area contributed by atoms with Crippen molar-refractivity contribution >= 4 is 39.5 Å². The number of hydrogen-bond donors (Lipinski definition) is 0. The first kappa shape index (κ1) is 22.2. The van der Waals surface area contributed by atoms with Gasteiger partial charge in [-0.15, -0.1) is 0 Å². The van der Waals surface area contributed by atoms with Crippen LogP contribution >= 0.6 is 27.5 Å². The highest BCUT2D eigenvalue weighted by Gasteiger charge is 2.18. The molecule has 0 fully saturated rings. The summed E-state index contributed by atoms with van der Waals surface area (Å²) >= 11 is 9.33. The largest absolute Gasteiger partial charge is 0.492 e. The first-order valence-electron chi connectivity index (χ1n) is 8.98. The quantitative estimate of drug-likeness (QED) is 0.253. The van der Waals surface area contributed by atoms with Gasteiger partial charge in [0, 0.05) is 5.02 Å². The highest BCUT2D eigenvalue weighted by molar-refractivity contribution is 9.10. The second kappa shape index (κ2) is 11.1. The number of rotatable bonds is 9. The van der Waals surface area contributed by atoms with E-state index in [1.807, 2.05) is 0 Å². The Kier molecular flexibility index (Phi) is 8.80. The molecule has 2 aromatic rings. The van der Waals surface area contributed by atoms with Gasteiger partial charge in [-0.3, -0.25) is 0 Å². The molecule has 7 heteroatoms. The van der Waals surface area contributed by atoms with Crippen molar-refractivity contribution in [2.24, 2.45) is 0 Å². The van der Waals surface area contributed by atoms with Crippen LogP contribution in [0.3, 0.4) is 0 Å². The van der Waals surface area contributed by atoms with E-state index in [0.29, 0.717) is 27.4 Å². The minimum Gasteiger partial charge on any atom is -0.492 e. The van der Waals surface area contributed by atoms with Crippen molar-refractivity contribution in [3.05, 3.63) is 57.0 Å². The lowest BCUT2D eigenvalue weighted by molar-refractivity contribution is 0.0593. The lowest BCUT2D eigenvalue weighted by Gasteiger charge is -2.11. The number of methoxy groups -OCH3 is 1. The van der Waals surface area contributed by atoms with Gasteiger partial charge in [-0.1, -0.05) is 37.8 Å². The van der Waals surface area contributed by atoms with E-state index in [-0.39, 0.29) is 11.3 Å². The van der Waals surface area contributed by atoms with Gasteiger partial charge in [-0.05, 0) is 58.7 Å². The molecule has 0 unspecified atom stereocenters. The minimum absolute atomic E-state index is 0.0774. The maximum absolute atomic E-state index is 12.5. The summed E-state index contributed by atoms with van der Waals surface area (Å²) in [6.45, 7) is 2.78. The van der Waals surface area contributed by atoms with Gasteiger partial charge in [0.25, 0.3) is 0 Å². The summed E-state index contributed by atoms with van der Waals surface area (Å²) in [5, 5.41) is 0.336. The summed E-state index contributed by atoms with van der Waals surface area (Å²) in [6.07, 6.45) is 4.47. The molecule has 150 valence electrons. The fourth-order valence-electron chi connectivity index (χ4n) is 2.48. The van der Waals surface area contributed by atoms with Gasteiger partial charge in [0.05, 0.1) is 23.8 Å². The van der Waals surface area contributed by atoms with Crippen LogP contribution in [-0.2, 0) is 4.74 Å². The molecule has 0 amide bonds. The average molecular weight is 470 g/mol. The zero-order chi connectivity index (χ0) is 20.5. The molecule has 0 aliphatic carbocycles. The normalized spacial score (nSPS) is 10.4.